The summed E-state index contributed by atoms with van der Waals surface area (Å²) in [5.41, 5.74) is 2.36. The number of halogens is 1. The molecule has 3 rings (SSSR count). The van der Waals surface area contributed by atoms with Gasteiger partial charge < -0.3 is 10.0 Å². The quantitative estimate of drug-likeness (QED) is 0.927. The molecule has 1 aromatic heterocycles. The van der Waals surface area contributed by atoms with Gasteiger partial charge in [-0.15, -0.1) is 0 Å². The van der Waals surface area contributed by atoms with Crippen molar-refractivity contribution in [3.63, 3.8) is 0 Å². The number of β-amino-alcohol motifs (C(OH)–C–C–N with tert-alkyl or cyclic N) is 1. The largest absolute Gasteiger partial charge is 0.391 e. The number of hydrogen-bond donors (Lipinski definition) is 1. The summed E-state index contributed by atoms with van der Waals surface area (Å²) in [6.07, 6.45) is 2.78. The Balaban J connectivity index is 1.97. The molecule has 1 N–H and O–H groups in total. The van der Waals surface area contributed by atoms with Crippen molar-refractivity contribution >= 4 is 17.5 Å². The van der Waals surface area contributed by atoms with Gasteiger partial charge in [-0.2, -0.15) is 5.10 Å². The molecule has 24 heavy (non-hydrogen) atoms. The lowest BCUT2D eigenvalue weighted by Gasteiger charge is -2.30. The maximum absolute atomic E-state index is 12.9. The molecular weight excluding hydrogens is 326 g/mol. The highest BCUT2D eigenvalue weighted by atomic mass is 35.5. The van der Waals surface area contributed by atoms with Crippen molar-refractivity contribution in [2.24, 2.45) is 0 Å². The lowest BCUT2D eigenvalue weighted by Crippen LogP contribution is -2.42. The van der Waals surface area contributed by atoms with Gasteiger partial charge in [0, 0.05) is 18.1 Å². The number of rotatable bonds is 3. The van der Waals surface area contributed by atoms with E-state index >= 15 is 0 Å². The van der Waals surface area contributed by atoms with Crippen LogP contribution in [0.2, 0.25) is 5.02 Å². The minimum absolute atomic E-state index is 0.0577. The maximum atomic E-state index is 12.9. The summed E-state index contributed by atoms with van der Waals surface area (Å²) in [4.78, 5) is 14.6. The predicted octanol–water partition coefficient (Wildman–Crippen LogP) is 3.25. The van der Waals surface area contributed by atoms with E-state index < -0.39 is 6.10 Å². The molecule has 1 aliphatic heterocycles. The van der Waals surface area contributed by atoms with Crippen LogP contribution in [0.1, 0.15) is 48.7 Å². The van der Waals surface area contributed by atoms with Crippen molar-refractivity contribution < 1.29 is 9.90 Å². The van der Waals surface area contributed by atoms with Crippen molar-refractivity contribution in [2.75, 3.05) is 13.1 Å². The number of aliphatic hydroxyl groups is 1. The fourth-order valence-electron chi connectivity index (χ4n) is 3.18. The van der Waals surface area contributed by atoms with Gasteiger partial charge in [-0.25, -0.2) is 4.68 Å². The molecule has 2 aromatic rings. The minimum Gasteiger partial charge on any atom is -0.391 e. The molecule has 1 aliphatic rings. The van der Waals surface area contributed by atoms with Crippen LogP contribution in [-0.2, 0) is 0 Å². The first-order valence-electron chi connectivity index (χ1n) is 8.28. The van der Waals surface area contributed by atoms with Crippen LogP contribution in [0, 0.1) is 0 Å². The van der Waals surface area contributed by atoms with Gasteiger partial charge in [0.25, 0.3) is 5.91 Å². The smallest absolute Gasteiger partial charge is 0.257 e. The van der Waals surface area contributed by atoms with E-state index in [4.69, 9.17) is 11.6 Å². The zero-order chi connectivity index (χ0) is 17.3. The molecule has 0 saturated carbocycles. The highest BCUT2D eigenvalue weighted by molar-refractivity contribution is 6.30. The standard InChI is InChI=1S/C18H22ClN3O2/c1-12(2)17-16(18(24)21-9-3-4-15(23)11-21)10-20-22(17)14-7-5-13(19)6-8-14/h5-8,10,12,15,23H,3-4,9,11H2,1-2H3. The SMILES string of the molecule is CC(C)c1c(C(=O)N2CCCC(O)C2)cnn1-c1ccc(Cl)cc1. The van der Waals surface area contributed by atoms with E-state index in [2.05, 4.69) is 5.10 Å². The predicted molar refractivity (Wildman–Crippen MR) is 93.8 cm³/mol. The van der Waals surface area contributed by atoms with E-state index in [1.807, 2.05) is 38.1 Å². The monoisotopic (exact) mass is 347 g/mol. The molecular formula is C18H22ClN3O2. The Labute approximate surface area is 146 Å². The van der Waals surface area contributed by atoms with Gasteiger partial charge in [-0.3, -0.25) is 4.79 Å². The Morgan fingerprint density at radius 2 is 2.04 bits per heavy atom. The average molecular weight is 348 g/mol. The molecule has 1 aromatic carbocycles. The van der Waals surface area contributed by atoms with Crippen molar-refractivity contribution in [1.82, 2.24) is 14.7 Å². The van der Waals surface area contributed by atoms with Crippen LogP contribution in [0.15, 0.2) is 30.5 Å². The first-order valence-corrected chi connectivity index (χ1v) is 8.66. The normalized spacial score (nSPS) is 18.2. The number of nitrogens with zero attached hydrogens (tertiary/aromatic N) is 3. The van der Waals surface area contributed by atoms with Gasteiger partial charge in [-0.05, 0) is 43.0 Å². The lowest BCUT2D eigenvalue weighted by atomic mass is 10.0. The maximum Gasteiger partial charge on any atom is 0.257 e. The Hall–Kier alpha value is -1.85. The minimum atomic E-state index is -0.434. The molecule has 1 fully saturated rings. The summed E-state index contributed by atoms with van der Waals surface area (Å²) in [6, 6.07) is 7.40. The second-order valence-electron chi connectivity index (χ2n) is 6.53. The molecule has 0 radical (unpaired) electrons. The number of aliphatic hydroxyl groups excluding tert-OH is 1. The molecule has 128 valence electrons. The third kappa shape index (κ3) is 3.32. The molecule has 1 atom stereocenters. The van der Waals surface area contributed by atoms with E-state index in [1.165, 1.54) is 0 Å². The van der Waals surface area contributed by atoms with Gasteiger partial charge in [-0.1, -0.05) is 25.4 Å². The fraction of sp³-hybridized carbons (Fsp3) is 0.444. The van der Waals surface area contributed by atoms with Gasteiger partial charge in [0.1, 0.15) is 0 Å². The number of piperidine rings is 1. The summed E-state index contributed by atoms with van der Waals surface area (Å²) in [5.74, 6) is 0.0782. The lowest BCUT2D eigenvalue weighted by molar-refractivity contribution is 0.0472. The molecule has 0 spiro atoms. The molecule has 6 heteroatoms. The molecule has 0 aliphatic carbocycles. The fourth-order valence-corrected chi connectivity index (χ4v) is 3.30. The summed E-state index contributed by atoms with van der Waals surface area (Å²) in [5, 5.41) is 14.9. The van der Waals surface area contributed by atoms with Gasteiger partial charge in [0.05, 0.1) is 29.2 Å². The molecule has 0 bridgehead atoms. The number of hydrogen-bond acceptors (Lipinski definition) is 3. The molecule has 2 heterocycles. The Morgan fingerprint density at radius 3 is 2.67 bits per heavy atom. The van der Waals surface area contributed by atoms with Gasteiger partial charge >= 0.3 is 0 Å². The third-order valence-corrected chi connectivity index (χ3v) is 4.59. The van der Waals surface area contributed by atoms with Crippen LogP contribution in [-0.4, -0.2) is 44.9 Å². The second kappa shape index (κ2) is 6.95. The zero-order valence-electron chi connectivity index (χ0n) is 13.9. The summed E-state index contributed by atoms with van der Waals surface area (Å²) in [6.45, 7) is 5.17. The molecule has 1 saturated heterocycles. The first-order chi connectivity index (χ1) is 11.5. The van der Waals surface area contributed by atoms with Crippen LogP contribution in [0.5, 0.6) is 0 Å². The van der Waals surface area contributed by atoms with Crippen LogP contribution >= 0.6 is 11.6 Å². The molecule has 1 unspecified atom stereocenters. The van der Waals surface area contributed by atoms with Gasteiger partial charge in [0.15, 0.2) is 0 Å². The van der Waals surface area contributed by atoms with E-state index in [1.54, 1.807) is 15.8 Å². The van der Waals surface area contributed by atoms with E-state index in [0.717, 1.165) is 24.2 Å². The number of aromatic nitrogens is 2. The van der Waals surface area contributed by atoms with Crippen LogP contribution in [0.4, 0.5) is 0 Å². The topological polar surface area (TPSA) is 58.4 Å². The van der Waals surface area contributed by atoms with Crippen molar-refractivity contribution in [3.8, 4) is 5.69 Å². The Morgan fingerprint density at radius 1 is 1.33 bits per heavy atom. The average Bonchev–Trinajstić information content (AvgIpc) is 3.00. The van der Waals surface area contributed by atoms with Crippen molar-refractivity contribution in [1.29, 1.82) is 0 Å². The Kier molecular flexibility index (Phi) is 4.92. The second-order valence-corrected chi connectivity index (χ2v) is 6.97. The molecule has 5 nitrogen and oxygen atoms in total. The van der Waals surface area contributed by atoms with Crippen molar-refractivity contribution in [2.45, 2.75) is 38.7 Å². The highest BCUT2D eigenvalue weighted by Gasteiger charge is 2.28. The van der Waals surface area contributed by atoms with Crippen molar-refractivity contribution in [3.05, 3.63) is 46.7 Å². The molecule has 1 amide bonds. The Bertz CT molecular complexity index is 724. The highest BCUT2D eigenvalue weighted by Crippen LogP contribution is 2.26. The third-order valence-electron chi connectivity index (χ3n) is 4.34. The van der Waals surface area contributed by atoms with Gasteiger partial charge in [0.2, 0.25) is 0 Å². The number of benzene rings is 1. The summed E-state index contributed by atoms with van der Waals surface area (Å²) < 4.78 is 1.80. The summed E-state index contributed by atoms with van der Waals surface area (Å²) in [7, 11) is 0. The number of likely N-dealkylation sites (tertiary alicyclic amines) is 1. The summed E-state index contributed by atoms with van der Waals surface area (Å²) >= 11 is 5.96. The van der Waals surface area contributed by atoms with Crippen LogP contribution < -0.4 is 0 Å². The van der Waals surface area contributed by atoms with Crippen LogP contribution in [0.25, 0.3) is 5.69 Å². The van der Waals surface area contributed by atoms with Crippen LogP contribution in [0.3, 0.4) is 0 Å². The number of carbonyl (C=O) groups excluding carboxylic acids is 1. The van der Waals surface area contributed by atoms with E-state index in [-0.39, 0.29) is 11.8 Å². The zero-order valence-corrected chi connectivity index (χ0v) is 14.7. The van der Waals surface area contributed by atoms with E-state index in [0.29, 0.717) is 23.7 Å². The number of carbonyl (C=O) groups is 1. The van der Waals surface area contributed by atoms with E-state index in [9.17, 15) is 9.90 Å². The number of amides is 1. The first kappa shape index (κ1) is 17.0.